The van der Waals surface area contributed by atoms with E-state index >= 15 is 0 Å². The van der Waals surface area contributed by atoms with Crippen LogP contribution in [0.3, 0.4) is 0 Å². The van der Waals surface area contributed by atoms with Crippen molar-refractivity contribution in [3.63, 3.8) is 0 Å². The molecular formula is C15H21NO2. The summed E-state index contributed by atoms with van der Waals surface area (Å²) in [6.45, 7) is 7.82. The van der Waals surface area contributed by atoms with Crippen LogP contribution in [0.1, 0.15) is 55.6 Å². The quantitative estimate of drug-likeness (QED) is 0.871. The van der Waals surface area contributed by atoms with Gasteiger partial charge in [-0.25, -0.2) is 4.79 Å². The van der Waals surface area contributed by atoms with Crippen LogP contribution in [0.15, 0.2) is 24.3 Å². The van der Waals surface area contributed by atoms with E-state index in [4.69, 9.17) is 5.11 Å². The first-order valence-electron chi connectivity index (χ1n) is 6.49. The number of hydrogen-bond donors (Lipinski definition) is 1. The van der Waals surface area contributed by atoms with Gasteiger partial charge in [-0.15, -0.1) is 0 Å². The van der Waals surface area contributed by atoms with Crippen molar-refractivity contribution in [3.8, 4) is 0 Å². The molecule has 0 aliphatic carbocycles. The summed E-state index contributed by atoms with van der Waals surface area (Å²) in [6.07, 6.45) is 2.37. The van der Waals surface area contributed by atoms with Crippen LogP contribution in [0, 0.1) is 0 Å². The lowest BCUT2D eigenvalue weighted by atomic mass is 9.98. The second kappa shape index (κ2) is 4.73. The number of aromatic carboxylic acids is 1. The Morgan fingerprint density at radius 1 is 1.28 bits per heavy atom. The van der Waals surface area contributed by atoms with Crippen LogP contribution in [-0.2, 0) is 0 Å². The van der Waals surface area contributed by atoms with Crippen LogP contribution >= 0.6 is 0 Å². The van der Waals surface area contributed by atoms with E-state index in [-0.39, 0.29) is 5.54 Å². The van der Waals surface area contributed by atoms with E-state index < -0.39 is 5.97 Å². The molecule has 18 heavy (non-hydrogen) atoms. The van der Waals surface area contributed by atoms with Gasteiger partial charge in [-0.3, -0.25) is 4.90 Å². The highest BCUT2D eigenvalue weighted by Gasteiger charge is 2.33. The predicted octanol–water partition coefficient (Wildman–Crippen LogP) is 3.32. The SMILES string of the molecule is CC(C)(C)N1CCCC1c1ccc(C(=O)O)cc1. The predicted molar refractivity (Wildman–Crippen MR) is 71.8 cm³/mol. The third-order valence-electron chi connectivity index (χ3n) is 3.66. The molecule has 3 nitrogen and oxygen atoms in total. The molecule has 1 heterocycles. The van der Waals surface area contributed by atoms with Crippen molar-refractivity contribution in [1.29, 1.82) is 0 Å². The van der Waals surface area contributed by atoms with Crippen molar-refractivity contribution in [2.45, 2.75) is 45.2 Å². The molecule has 1 aromatic carbocycles. The van der Waals surface area contributed by atoms with Gasteiger partial charge in [0.15, 0.2) is 0 Å². The van der Waals surface area contributed by atoms with E-state index in [0.29, 0.717) is 11.6 Å². The standard InChI is InChI=1S/C15H21NO2/c1-15(2,3)16-10-4-5-13(16)11-6-8-12(9-7-11)14(17)18/h6-9,13H,4-5,10H2,1-3H3,(H,17,18). The summed E-state index contributed by atoms with van der Waals surface area (Å²) in [4.78, 5) is 13.3. The Balaban J connectivity index is 2.23. The Morgan fingerprint density at radius 3 is 2.39 bits per heavy atom. The average molecular weight is 247 g/mol. The lowest BCUT2D eigenvalue weighted by molar-refractivity contribution is 0.0696. The van der Waals surface area contributed by atoms with Gasteiger partial charge in [0.2, 0.25) is 0 Å². The molecule has 1 unspecified atom stereocenters. The first kappa shape index (κ1) is 13.1. The average Bonchev–Trinajstić information content (AvgIpc) is 2.77. The van der Waals surface area contributed by atoms with Crippen LogP contribution in [0.5, 0.6) is 0 Å². The Bertz CT molecular complexity index is 431. The molecule has 0 aromatic heterocycles. The van der Waals surface area contributed by atoms with E-state index in [1.54, 1.807) is 12.1 Å². The summed E-state index contributed by atoms with van der Waals surface area (Å²) >= 11 is 0. The molecule has 0 spiro atoms. The van der Waals surface area contributed by atoms with Crippen molar-refractivity contribution in [2.75, 3.05) is 6.54 Å². The van der Waals surface area contributed by atoms with Gasteiger partial charge in [0, 0.05) is 11.6 Å². The minimum atomic E-state index is -0.861. The third kappa shape index (κ3) is 2.56. The van der Waals surface area contributed by atoms with E-state index in [1.807, 2.05) is 12.1 Å². The largest absolute Gasteiger partial charge is 0.478 e. The second-order valence-electron chi connectivity index (χ2n) is 5.95. The second-order valence-corrected chi connectivity index (χ2v) is 5.95. The lowest BCUT2D eigenvalue weighted by Crippen LogP contribution is -2.40. The zero-order valence-electron chi connectivity index (χ0n) is 11.3. The van der Waals surface area contributed by atoms with Crippen LogP contribution in [-0.4, -0.2) is 28.1 Å². The van der Waals surface area contributed by atoms with E-state index in [1.165, 1.54) is 12.0 Å². The zero-order chi connectivity index (χ0) is 13.3. The summed E-state index contributed by atoms with van der Waals surface area (Å²) in [5.41, 5.74) is 1.75. The molecule has 1 saturated heterocycles. The van der Waals surface area contributed by atoms with Crippen LogP contribution in [0.4, 0.5) is 0 Å². The fraction of sp³-hybridized carbons (Fsp3) is 0.533. The Morgan fingerprint density at radius 2 is 1.89 bits per heavy atom. The third-order valence-corrected chi connectivity index (χ3v) is 3.66. The van der Waals surface area contributed by atoms with Gasteiger partial charge in [0.1, 0.15) is 0 Å². The number of likely N-dealkylation sites (tertiary alicyclic amines) is 1. The van der Waals surface area contributed by atoms with Crippen molar-refractivity contribution in [2.24, 2.45) is 0 Å². The number of carbonyl (C=O) groups is 1. The highest BCUT2D eigenvalue weighted by atomic mass is 16.4. The van der Waals surface area contributed by atoms with Crippen LogP contribution in [0.2, 0.25) is 0 Å². The zero-order valence-corrected chi connectivity index (χ0v) is 11.3. The van der Waals surface area contributed by atoms with E-state index in [0.717, 1.165) is 13.0 Å². The topological polar surface area (TPSA) is 40.5 Å². The summed E-state index contributed by atoms with van der Waals surface area (Å²) in [7, 11) is 0. The number of benzene rings is 1. The van der Waals surface area contributed by atoms with E-state index in [2.05, 4.69) is 25.7 Å². The summed E-state index contributed by atoms with van der Waals surface area (Å²) in [5.74, 6) is -0.861. The van der Waals surface area contributed by atoms with Crippen molar-refractivity contribution < 1.29 is 9.90 Å². The molecule has 0 amide bonds. The highest BCUT2D eigenvalue weighted by Crippen LogP contribution is 2.37. The van der Waals surface area contributed by atoms with Gasteiger partial charge in [-0.2, -0.15) is 0 Å². The highest BCUT2D eigenvalue weighted by molar-refractivity contribution is 5.87. The van der Waals surface area contributed by atoms with Crippen molar-refractivity contribution in [1.82, 2.24) is 4.90 Å². The van der Waals surface area contributed by atoms with Gasteiger partial charge >= 0.3 is 5.97 Å². The molecule has 0 saturated carbocycles. The normalized spacial score (nSPS) is 21.2. The lowest BCUT2D eigenvalue weighted by Gasteiger charge is -2.37. The van der Waals surface area contributed by atoms with Crippen molar-refractivity contribution in [3.05, 3.63) is 35.4 Å². The van der Waals surface area contributed by atoms with Gasteiger partial charge in [-0.05, 0) is 57.9 Å². The molecule has 1 aliphatic rings. The van der Waals surface area contributed by atoms with Gasteiger partial charge in [0.05, 0.1) is 5.56 Å². The van der Waals surface area contributed by atoms with Crippen LogP contribution in [0.25, 0.3) is 0 Å². The first-order valence-corrected chi connectivity index (χ1v) is 6.49. The van der Waals surface area contributed by atoms with Gasteiger partial charge in [-0.1, -0.05) is 12.1 Å². The Hall–Kier alpha value is -1.35. The molecule has 98 valence electrons. The Kier molecular flexibility index (Phi) is 3.44. The monoisotopic (exact) mass is 247 g/mol. The molecule has 0 radical (unpaired) electrons. The molecule has 1 aliphatic heterocycles. The molecular weight excluding hydrogens is 226 g/mol. The molecule has 2 rings (SSSR count). The number of hydrogen-bond acceptors (Lipinski definition) is 2. The summed E-state index contributed by atoms with van der Waals surface area (Å²) in [5, 5.41) is 8.91. The number of rotatable bonds is 2. The maximum absolute atomic E-state index is 10.8. The van der Waals surface area contributed by atoms with E-state index in [9.17, 15) is 4.79 Å². The number of carboxylic acid groups (broad SMARTS) is 1. The van der Waals surface area contributed by atoms with Crippen molar-refractivity contribution >= 4 is 5.97 Å². The minimum absolute atomic E-state index is 0.159. The molecule has 1 fully saturated rings. The molecule has 1 aromatic rings. The molecule has 1 atom stereocenters. The Labute approximate surface area is 108 Å². The first-order chi connectivity index (χ1) is 8.39. The summed E-state index contributed by atoms with van der Waals surface area (Å²) in [6, 6.07) is 7.75. The number of carboxylic acids is 1. The number of nitrogens with zero attached hydrogens (tertiary/aromatic N) is 1. The molecule has 1 N–H and O–H groups in total. The maximum atomic E-state index is 10.8. The summed E-state index contributed by atoms with van der Waals surface area (Å²) < 4.78 is 0. The smallest absolute Gasteiger partial charge is 0.335 e. The maximum Gasteiger partial charge on any atom is 0.335 e. The van der Waals surface area contributed by atoms with Gasteiger partial charge in [0.25, 0.3) is 0 Å². The molecule has 3 heteroatoms. The van der Waals surface area contributed by atoms with Gasteiger partial charge < -0.3 is 5.11 Å². The fourth-order valence-corrected chi connectivity index (χ4v) is 2.76. The minimum Gasteiger partial charge on any atom is -0.478 e. The molecule has 0 bridgehead atoms. The van der Waals surface area contributed by atoms with Crippen LogP contribution < -0.4 is 0 Å². The fourth-order valence-electron chi connectivity index (χ4n) is 2.76.